The lowest BCUT2D eigenvalue weighted by molar-refractivity contribution is -0.128. The van der Waals surface area contributed by atoms with Crippen molar-refractivity contribution in [3.63, 3.8) is 0 Å². The average molecular weight is 310 g/mol. The first-order valence-corrected chi connectivity index (χ1v) is 7.54. The van der Waals surface area contributed by atoms with E-state index < -0.39 is 0 Å². The Labute approximate surface area is 134 Å². The summed E-state index contributed by atoms with van der Waals surface area (Å²) in [5.74, 6) is 0.461. The quantitative estimate of drug-likeness (QED) is 0.861. The predicted octanol–water partition coefficient (Wildman–Crippen LogP) is 2.21. The zero-order valence-electron chi connectivity index (χ0n) is 12.6. The summed E-state index contributed by atoms with van der Waals surface area (Å²) in [5.41, 5.74) is 1.09. The van der Waals surface area contributed by atoms with Crippen LogP contribution in [0.15, 0.2) is 59.2 Å². The molecule has 1 saturated heterocycles. The molecule has 1 aromatic heterocycles. The van der Waals surface area contributed by atoms with E-state index in [2.05, 4.69) is 5.32 Å². The van der Waals surface area contributed by atoms with Gasteiger partial charge >= 0.3 is 0 Å². The van der Waals surface area contributed by atoms with Gasteiger partial charge in [-0.3, -0.25) is 9.59 Å². The lowest BCUT2D eigenvalue weighted by atomic mass is 10.2. The first kappa shape index (κ1) is 15.1. The van der Waals surface area contributed by atoms with Crippen molar-refractivity contribution in [1.82, 2.24) is 10.2 Å². The molecule has 1 aliphatic rings. The Morgan fingerprint density at radius 2 is 2.09 bits per heavy atom. The third-order valence-electron chi connectivity index (χ3n) is 3.72. The standard InChI is InChI=1S/C18H18N2O3/c21-17(9-8-16-7-4-10-23-16)19-15-11-18(22)20(13-15)12-14-5-2-1-3-6-14/h1-10,15H,11-13H2,(H,19,21)/b9-8-/t15-/m1/s1. The molecule has 23 heavy (non-hydrogen) atoms. The Kier molecular flexibility index (Phi) is 4.57. The fourth-order valence-corrected chi connectivity index (χ4v) is 2.62. The third-order valence-corrected chi connectivity index (χ3v) is 3.72. The van der Waals surface area contributed by atoms with Crippen LogP contribution in [0.2, 0.25) is 0 Å². The summed E-state index contributed by atoms with van der Waals surface area (Å²) in [6.07, 6.45) is 4.92. The molecule has 1 aliphatic heterocycles. The number of nitrogens with one attached hydrogen (secondary N) is 1. The highest BCUT2D eigenvalue weighted by atomic mass is 16.3. The maximum Gasteiger partial charge on any atom is 0.244 e. The van der Waals surface area contributed by atoms with Crippen molar-refractivity contribution in [2.24, 2.45) is 0 Å². The van der Waals surface area contributed by atoms with Crippen molar-refractivity contribution in [1.29, 1.82) is 0 Å². The summed E-state index contributed by atoms with van der Waals surface area (Å²) < 4.78 is 5.13. The van der Waals surface area contributed by atoms with Gasteiger partial charge in [0.2, 0.25) is 11.8 Å². The molecule has 5 heteroatoms. The molecular formula is C18H18N2O3. The van der Waals surface area contributed by atoms with Crippen LogP contribution < -0.4 is 5.32 Å². The maximum absolute atomic E-state index is 12.1. The smallest absolute Gasteiger partial charge is 0.244 e. The highest BCUT2D eigenvalue weighted by Gasteiger charge is 2.30. The summed E-state index contributed by atoms with van der Waals surface area (Å²) in [4.78, 5) is 25.7. The van der Waals surface area contributed by atoms with Crippen molar-refractivity contribution >= 4 is 17.9 Å². The number of nitrogens with zero attached hydrogens (tertiary/aromatic N) is 1. The Morgan fingerprint density at radius 3 is 2.83 bits per heavy atom. The summed E-state index contributed by atoms with van der Waals surface area (Å²) >= 11 is 0. The van der Waals surface area contributed by atoms with Crippen LogP contribution in [0, 0.1) is 0 Å². The SMILES string of the molecule is O=C(/C=C\c1ccco1)N[C@@H]1CC(=O)N(Cc2ccccc2)C1. The largest absolute Gasteiger partial charge is 0.465 e. The van der Waals surface area contributed by atoms with Crippen LogP contribution in [-0.4, -0.2) is 29.3 Å². The van der Waals surface area contributed by atoms with Gasteiger partial charge < -0.3 is 14.6 Å². The number of likely N-dealkylation sites (tertiary alicyclic amines) is 1. The second kappa shape index (κ2) is 6.96. The molecule has 0 spiro atoms. The predicted molar refractivity (Wildman–Crippen MR) is 86.1 cm³/mol. The normalized spacial score (nSPS) is 17.8. The van der Waals surface area contributed by atoms with Gasteiger partial charge in [0.15, 0.2) is 0 Å². The van der Waals surface area contributed by atoms with Gasteiger partial charge in [0.1, 0.15) is 5.76 Å². The van der Waals surface area contributed by atoms with Gasteiger partial charge in [-0.15, -0.1) is 0 Å². The van der Waals surface area contributed by atoms with Gasteiger partial charge in [-0.25, -0.2) is 0 Å². The van der Waals surface area contributed by atoms with Crippen molar-refractivity contribution < 1.29 is 14.0 Å². The van der Waals surface area contributed by atoms with Crippen LogP contribution in [0.25, 0.3) is 6.08 Å². The summed E-state index contributed by atoms with van der Waals surface area (Å²) in [6, 6.07) is 13.2. The van der Waals surface area contributed by atoms with Crippen molar-refractivity contribution in [3.8, 4) is 0 Å². The van der Waals surface area contributed by atoms with E-state index in [-0.39, 0.29) is 17.9 Å². The first-order valence-electron chi connectivity index (χ1n) is 7.54. The number of rotatable bonds is 5. The highest BCUT2D eigenvalue weighted by molar-refractivity contribution is 5.92. The molecule has 0 unspecified atom stereocenters. The Bertz CT molecular complexity index is 692. The van der Waals surface area contributed by atoms with Crippen LogP contribution in [0.3, 0.4) is 0 Å². The minimum atomic E-state index is -0.222. The number of hydrogen-bond donors (Lipinski definition) is 1. The second-order valence-corrected chi connectivity index (χ2v) is 5.52. The van der Waals surface area contributed by atoms with Gasteiger partial charge in [0.25, 0.3) is 0 Å². The molecule has 1 N–H and O–H groups in total. The molecular weight excluding hydrogens is 292 g/mol. The van der Waals surface area contributed by atoms with Gasteiger partial charge in [-0.05, 0) is 23.8 Å². The molecule has 0 radical (unpaired) electrons. The number of carbonyl (C=O) groups is 2. The lowest BCUT2D eigenvalue weighted by Crippen LogP contribution is -2.36. The van der Waals surface area contributed by atoms with E-state index in [0.717, 1.165) is 5.56 Å². The summed E-state index contributed by atoms with van der Waals surface area (Å²) in [5, 5.41) is 2.86. The van der Waals surface area contributed by atoms with Gasteiger partial charge in [-0.1, -0.05) is 30.3 Å². The lowest BCUT2D eigenvalue weighted by Gasteiger charge is -2.16. The fraction of sp³-hybridized carbons (Fsp3) is 0.222. The van der Waals surface area contributed by atoms with Gasteiger partial charge in [0.05, 0.1) is 12.3 Å². The van der Waals surface area contributed by atoms with Crippen LogP contribution in [0.5, 0.6) is 0 Å². The van der Waals surface area contributed by atoms with Crippen LogP contribution in [0.1, 0.15) is 17.7 Å². The monoisotopic (exact) mass is 310 g/mol. The second-order valence-electron chi connectivity index (χ2n) is 5.52. The Balaban J connectivity index is 1.52. The average Bonchev–Trinajstić information content (AvgIpc) is 3.17. The fourth-order valence-electron chi connectivity index (χ4n) is 2.62. The van der Waals surface area contributed by atoms with Crippen LogP contribution in [0.4, 0.5) is 0 Å². The third kappa shape index (κ3) is 4.10. The van der Waals surface area contributed by atoms with E-state index >= 15 is 0 Å². The van der Waals surface area contributed by atoms with Crippen molar-refractivity contribution in [3.05, 3.63) is 66.1 Å². The van der Waals surface area contributed by atoms with E-state index in [9.17, 15) is 9.59 Å². The molecule has 0 saturated carbocycles. The minimum Gasteiger partial charge on any atom is -0.465 e. The number of amides is 2. The molecule has 3 rings (SSSR count). The number of furan rings is 1. The molecule has 1 aromatic carbocycles. The Morgan fingerprint density at radius 1 is 1.26 bits per heavy atom. The molecule has 2 heterocycles. The van der Waals surface area contributed by atoms with Gasteiger partial charge in [0, 0.05) is 25.6 Å². The van der Waals surface area contributed by atoms with E-state index in [0.29, 0.717) is 25.3 Å². The summed E-state index contributed by atoms with van der Waals surface area (Å²) in [6.45, 7) is 1.11. The highest BCUT2D eigenvalue weighted by Crippen LogP contribution is 2.15. The van der Waals surface area contributed by atoms with Crippen LogP contribution >= 0.6 is 0 Å². The maximum atomic E-state index is 12.1. The van der Waals surface area contributed by atoms with E-state index in [1.165, 1.54) is 6.08 Å². The van der Waals surface area contributed by atoms with E-state index in [4.69, 9.17) is 4.42 Å². The van der Waals surface area contributed by atoms with Crippen molar-refractivity contribution in [2.75, 3.05) is 6.54 Å². The van der Waals surface area contributed by atoms with E-state index in [1.807, 2.05) is 30.3 Å². The zero-order chi connectivity index (χ0) is 16.1. The summed E-state index contributed by atoms with van der Waals surface area (Å²) in [7, 11) is 0. The van der Waals surface area contributed by atoms with Gasteiger partial charge in [-0.2, -0.15) is 0 Å². The molecule has 1 atom stereocenters. The molecule has 5 nitrogen and oxygen atoms in total. The van der Waals surface area contributed by atoms with Crippen molar-refractivity contribution in [2.45, 2.75) is 19.0 Å². The molecule has 2 aromatic rings. The molecule has 118 valence electrons. The molecule has 1 fully saturated rings. The minimum absolute atomic E-state index is 0.0640. The molecule has 2 amide bonds. The van der Waals surface area contributed by atoms with E-state index in [1.54, 1.807) is 29.4 Å². The number of carbonyl (C=O) groups excluding carboxylic acids is 2. The Hall–Kier alpha value is -2.82. The first-order chi connectivity index (χ1) is 11.2. The number of hydrogen-bond acceptors (Lipinski definition) is 3. The molecule has 0 aliphatic carbocycles. The zero-order valence-corrected chi connectivity index (χ0v) is 12.6. The molecule has 0 bridgehead atoms. The number of benzene rings is 1. The van der Waals surface area contributed by atoms with Crippen LogP contribution in [-0.2, 0) is 16.1 Å². The topological polar surface area (TPSA) is 62.6 Å².